The molecular weight excluding hydrogens is 633 g/mol. The highest BCUT2D eigenvalue weighted by molar-refractivity contribution is 7.86. The molecular formula is C31H26N6O7S2. The van der Waals surface area contributed by atoms with Gasteiger partial charge in [0.1, 0.15) is 4.90 Å². The van der Waals surface area contributed by atoms with E-state index >= 15 is 0 Å². The number of nitrogens with one attached hydrogen (secondary N) is 1. The third-order valence-electron chi connectivity index (χ3n) is 6.80. The summed E-state index contributed by atoms with van der Waals surface area (Å²) in [6.45, 7) is 3.64. The van der Waals surface area contributed by atoms with Crippen molar-refractivity contribution in [1.29, 1.82) is 0 Å². The average Bonchev–Trinajstić information content (AvgIpc) is 2.99. The smallest absolute Gasteiger partial charge is 0.295 e. The second-order valence-corrected chi connectivity index (χ2v) is 13.0. The SMILES string of the molecule is Cc1cc(N=Nc2ccc(NC(=O)c3ccc(N)cc3)cc2C)ccc1N=Nc1ccc2cc(S(=O)(=O)O)cc(S(=O)(=O)O)c2c1. The third kappa shape index (κ3) is 7.47. The van der Waals surface area contributed by atoms with Crippen molar-refractivity contribution < 1.29 is 30.7 Å². The van der Waals surface area contributed by atoms with E-state index in [-0.39, 0.29) is 22.4 Å². The summed E-state index contributed by atoms with van der Waals surface area (Å²) in [6.07, 6.45) is 0. The summed E-state index contributed by atoms with van der Waals surface area (Å²) in [5, 5.41) is 20.0. The van der Waals surface area contributed by atoms with Crippen molar-refractivity contribution in [3.8, 4) is 0 Å². The van der Waals surface area contributed by atoms with Crippen molar-refractivity contribution >= 4 is 71.0 Å². The van der Waals surface area contributed by atoms with Gasteiger partial charge in [-0.15, -0.1) is 0 Å². The number of nitrogens with zero attached hydrogens (tertiary/aromatic N) is 4. The van der Waals surface area contributed by atoms with Gasteiger partial charge in [0, 0.05) is 22.3 Å². The van der Waals surface area contributed by atoms with E-state index in [0.717, 1.165) is 17.2 Å². The second kappa shape index (κ2) is 12.6. The molecule has 0 fully saturated rings. The number of benzene rings is 5. The van der Waals surface area contributed by atoms with Gasteiger partial charge in [0.05, 0.1) is 27.6 Å². The van der Waals surface area contributed by atoms with Crippen LogP contribution in [0.15, 0.2) is 121 Å². The van der Waals surface area contributed by atoms with Crippen LogP contribution in [0.4, 0.5) is 34.1 Å². The average molecular weight is 659 g/mol. The maximum Gasteiger partial charge on any atom is 0.295 e. The van der Waals surface area contributed by atoms with Gasteiger partial charge < -0.3 is 11.1 Å². The zero-order valence-corrected chi connectivity index (χ0v) is 25.9. The first kappa shape index (κ1) is 32.1. The van der Waals surface area contributed by atoms with Gasteiger partial charge in [0.15, 0.2) is 0 Å². The van der Waals surface area contributed by atoms with Crippen molar-refractivity contribution in [3.63, 3.8) is 0 Å². The normalized spacial score (nSPS) is 12.3. The first-order valence-electron chi connectivity index (χ1n) is 13.4. The van der Waals surface area contributed by atoms with Crippen LogP contribution in [0.25, 0.3) is 10.8 Å². The fourth-order valence-electron chi connectivity index (χ4n) is 4.43. The van der Waals surface area contributed by atoms with Crippen LogP contribution in [-0.2, 0) is 20.2 Å². The molecule has 1 amide bonds. The topological polar surface area (TPSA) is 213 Å². The molecule has 0 unspecified atom stereocenters. The lowest BCUT2D eigenvalue weighted by Crippen LogP contribution is -2.11. The molecule has 0 bridgehead atoms. The van der Waals surface area contributed by atoms with Crippen LogP contribution in [0.5, 0.6) is 0 Å². The Bertz CT molecular complexity index is 2290. The van der Waals surface area contributed by atoms with Crippen molar-refractivity contribution in [2.45, 2.75) is 23.6 Å². The summed E-state index contributed by atoms with van der Waals surface area (Å²) >= 11 is 0. The Kier molecular flexibility index (Phi) is 8.76. The molecule has 0 atom stereocenters. The number of anilines is 2. The number of carbonyl (C=O) groups excluding carboxylic acids is 1. The minimum atomic E-state index is -4.84. The number of aryl methyl sites for hydroxylation is 2. The summed E-state index contributed by atoms with van der Waals surface area (Å²) in [4.78, 5) is 11.1. The quantitative estimate of drug-likeness (QED) is 0.0737. The van der Waals surface area contributed by atoms with Crippen LogP contribution in [0.3, 0.4) is 0 Å². The van der Waals surface area contributed by atoms with Gasteiger partial charge in [-0.2, -0.15) is 37.3 Å². The van der Waals surface area contributed by atoms with E-state index < -0.39 is 30.0 Å². The number of nitrogens with two attached hydrogens (primary N) is 1. The van der Waals surface area contributed by atoms with Crippen LogP contribution in [-0.4, -0.2) is 31.8 Å². The number of nitrogen functional groups attached to an aromatic ring is 1. The predicted molar refractivity (Wildman–Crippen MR) is 173 cm³/mol. The Balaban J connectivity index is 1.32. The number of azo groups is 2. The summed E-state index contributed by atoms with van der Waals surface area (Å²) in [5.74, 6) is -0.265. The van der Waals surface area contributed by atoms with Gasteiger partial charge in [-0.1, -0.05) is 6.07 Å². The molecule has 0 aliphatic rings. The fourth-order valence-corrected chi connectivity index (χ4v) is 5.78. The lowest BCUT2D eigenvalue weighted by Gasteiger charge is -2.08. The molecule has 0 heterocycles. The van der Waals surface area contributed by atoms with Crippen molar-refractivity contribution in [1.82, 2.24) is 0 Å². The largest absolute Gasteiger partial charge is 0.399 e. The molecule has 5 rings (SSSR count). The second-order valence-electron chi connectivity index (χ2n) is 10.2. The number of carbonyl (C=O) groups is 1. The minimum absolute atomic E-state index is 0.00802. The Morgan fingerprint density at radius 1 is 0.674 bits per heavy atom. The van der Waals surface area contributed by atoms with E-state index in [1.165, 1.54) is 18.2 Å². The third-order valence-corrected chi connectivity index (χ3v) is 8.53. The van der Waals surface area contributed by atoms with Gasteiger partial charge in [-0.3, -0.25) is 13.9 Å². The molecule has 15 heteroatoms. The molecule has 5 aromatic carbocycles. The van der Waals surface area contributed by atoms with E-state index in [0.29, 0.717) is 40.1 Å². The van der Waals surface area contributed by atoms with Crippen molar-refractivity contribution in [2.24, 2.45) is 20.5 Å². The number of hydrogen-bond acceptors (Lipinski definition) is 10. The Morgan fingerprint density at radius 3 is 1.85 bits per heavy atom. The fraction of sp³-hybridized carbons (Fsp3) is 0.0645. The molecule has 0 aliphatic carbocycles. The molecule has 0 spiro atoms. The molecule has 234 valence electrons. The van der Waals surface area contributed by atoms with Gasteiger partial charge in [-0.05, 0) is 115 Å². The molecule has 46 heavy (non-hydrogen) atoms. The molecule has 0 aromatic heterocycles. The first-order valence-corrected chi connectivity index (χ1v) is 16.3. The van der Waals surface area contributed by atoms with Gasteiger partial charge in [0.25, 0.3) is 26.1 Å². The maximum absolute atomic E-state index is 12.5. The summed E-state index contributed by atoms with van der Waals surface area (Å²) in [7, 11) is -9.57. The molecule has 0 saturated carbocycles. The molecule has 5 aromatic rings. The number of fused-ring (bicyclic) bond motifs is 1. The van der Waals surface area contributed by atoms with Crippen molar-refractivity contribution in [3.05, 3.63) is 108 Å². The van der Waals surface area contributed by atoms with E-state index in [4.69, 9.17) is 5.73 Å². The highest BCUT2D eigenvalue weighted by Crippen LogP contribution is 2.33. The molecule has 0 aliphatic heterocycles. The van der Waals surface area contributed by atoms with Gasteiger partial charge in [-0.25, -0.2) is 0 Å². The lowest BCUT2D eigenvalue weighted by atomic mass is 10.1. The lowest BCUT2D eigenvalue weighted by molar-refractivity contribution is 0.102. The van der Waals surface area contributed by atoms with Gasteiger partial charge in [0.2, 0.25) is 0 Å². The highest BCUT2D eigenvalue weighted by Gasteiger charge is 2.20. The molecule has 0 saturated heterocycles. The van der Waals surface area contributed by atoms with E-state index in [2.05, 4.69) is 25.8 Å². The van der Waals surface area contributed by atoms with E-state index in [1.807, 2.05) is 6.92 Å². The Morgan fingerprint density at radius 2 is 1.26 bits per heavy atom. The Labute approximate surface area is 264 Å². The highest BCUT2D eigenvalue weighted by atomic mass is 32.2. The van der Waals surface area contributed by atoms with Gasteiger partial charge >= 0.3 is 0 Å². The van der Waals surface area contributed by atoms with Crippen LogP contribution < -0.4 is 11.1 Å². The van der Waals surface area contributed by atoms with E-state index in [9.17, 15) is 30.7 Å². The van der Waals surface area contributed by atoms with Crippen LogP contribution in [0, 0.1) is 13.8 Å². The van der Waals surface area contributed by atoms with Crippen molar-refractivity contribution in [2.75, 3.05) is 11.1 Å². The summed E-state index contributed by atoms with van der Waals surface area (Å²) in [6, 6.07) is 22.9. The van der Waals surface area contributed by atoms with Crippen LogP contribution in [0.2, 0.25) is 0 Å². The minimum Gasteiger partial charge on any atom is -0.399 e. The number of rotatable bonds is 8. The predicted octanol–water partition coefficient (Wildman–Crippen LogP) is 7.62. The molecule has 5 N–H and O–H groups in total. The monoisotopic (exact) mass is 658 g/mol. The number of amides is 1. The summed E-state index contributed by atoms with van der Waals surface area (Å²) < 4.78 is 66.1. The van der Waals surface area contributed by atoms with E-state index in [1.54, 1.807) is 67.6 Å². The summed E-state index contributed by atoms with van der Waals surface area (Å²) in [5.41, 5.74) is 10.7. The van der Waals surface area contributed by atoms with Crippen LogP contribution >= 0.6 is 0 Å². The molecule has 13 nitrogen and oxygen atoms in total. The van der Waals surface area contributed by atoms with Crippen LogP contribution in [0.1, 0.15) is 21.5 Å². The zero-order valence-electron chi connectivity index (χ0n) is 24.3. The molecule has 0 radical (unpaired) electrons. The number of hydrogen-bond donors (Lipinski definition) is 4. The first-order chi connectivity index (χ1) is 21.7. The standard InChI is InChI=1S/C31H26N6O7S2/c1-18-13-23(33-31(38)20-3-6-22(32)7-4-20)9-11-28(18)36-34-24-10-12-29(19(2)14-24)37-35-25-8-5-21-15-26(45(39,40)41)17-30(27(21)16-25)46(42,43)44/h3-17H,32H2,1-2H3,(H,33,38)(H,39,40,41)(H,42,43,44). The zero-order chi connectivity index (χ0) is 33.2. The Hall–Kier alpha value is -5.35. The maximum atomic E-state index is 12.5.